The first-order valence-corrected chi connectivity index (χ1v) is 15.7. The van der Waals surface area contributed by atoms with E-state index in [4.69, 9.17) is 4.74 Å². The quantitative estimate of drug-likeness (QED) is 0.308. The summed E-state index contributed by atoms with van der Waals surface area (Å²) >= 11 is 3.41. The van der Waals surface area contributed by atoms with Crippen LogP contribution in [0, 0.1) is 5.92 Å². The highest BCUT2D eigenvalue weighted by Gasteiger charge is 2.49. The number of carbonyl (C=O) groups excluding carboxylic acids is 1. The van der Waals surface area contributed by atoms with E-state index in [9.17, 15) is 28.9 Å². The van der Waals surface area contributed by atoms with Crippen LogP contribution in [0.5, 0.6) is 0 Å². The predicted molar refractivity (Wildman–Crippen MR) is 145 cm³/mol. The normalized spacial score (nSPS) is 32.2. The van der Waals surface area contributed by atoms with Gasteiger partial charge >= 0.3 is 0 Å². The molecule has 2 fully saturated rings. The largest absolute Gasteiger partial charge is 0.388 e. The number of halogens is 2. The summed E-state index contributed by atoms with van der Waals surface area (Å²) < 4.78 is 34.1. The maximum absolute atomic E-state index is 13.5. The second-order valence-corrected chi connectivity index (χ2v) is 13.4. The number of fused-ring (bicyclic) bond motifs is 1. The van der Waals surface area contributed by atoms with Crippen molar-refractivity contribution in [3.05, 3.63) is 17.3 Å². The number of aliphatic hydroxyl groups excluding tert-OH is 3. The molecule has 2 aliphatic heterocycles. The fourth-order valence-corrected chi connectivity index (χ4v) is 8.00. The predicted octanol–water partition coefficient (Wildman–Crippen LogP) is 2.59. The molecule has 0 aromatic carbocycles. The smallest absolute Gasteiger partial charge is 0.274 e. The molecule has 4 rings (SSSR count). The molecule has 2 aromatic heterocycles. The molecule has 2 aliphatic rings. The number of ether oxygens (including phenoxy) is 1. The number of imidazole rings is 1. The standard InChI is InChI=1S/C24H36F2N4O5S3/c1-5-6-12-7-13(29(3)9-12)22(34)28-16(20-18(32)17(31)19(33)23(35-20)36-4)11(2)37-24-27-8-15-30(24)10-14(38-15)21(25)26/h8,10-13,16-21,23,31-33H,5-7,9H2,1-4H3,(H,28,34)/t11-,12-,13-,16+,17?,18?,19+,20?,23?/m1/s1. The molecule has 9 atom stereocenters. The Hall–Kier alpha value is -1.00. The van der Waals surface area contributed by atoms with Crippen molar-refractivity contribution in [3.8, 4) is 0 Å². The summed E-state index contributed by atoms with van der Waals surface area (Å²) in [6, 6.07) is -1.12. The van der Waals surface area contributed by atoms with Gasteiger partial charge in [-0.3, -0.25) is 14.1 Å². The average molecular weight is 595 g/mol. The molecule has 4 heterocycles. The molecule has 0 aliphatic carbocycles. The molecule has 0 saturated carbocycles. The number of aliphatic hydroxyl groups is 3. The molecule has 0 bridgehead atoms. The van der Waals surface area contributed by atoms with Crippen LogP contribution in [0.2, 0.25) is 0 Å². The van der Waals surface area contributed by atoms with E-state index in [0.29, 0.717) is 15.9 Å². The zero-order valence-corrected chi connectivity index (χ0v) is 24.2. The molecular weight excluding hydrogens is 558 g/mol. The second-order valence-electron chi connectivity index (χ2n) is 10.1. The molecule has 1 amide bonds. The van der Waals surface area contributed by atoms with Crippen LogP contribution in [-0.4, -0.2) is 103 Å². The maximum atomic E-state index is 13.5. The zero-order chi connectivity index (χ0) is 27.7. The van der Waals surface area contributed by atoms with E-state index in [2.05, 4.69) is 17.2 Å². The molecule has 14 heteroatoms. The molecular formula is C24H36F2N4O5S3. The highest BCUT2D eigenvalue weighted by molar-refractivity contribution is 7.99. The van der Waals surface area contributed by atoms with Gasteiger partial charge in [0.15, 0.2) is 5.16 Å². The van der Waals surface area contributed by atoms with Gasteiger partial charge in [-0.1, -0.05) is 32.0 Å². The van der Waals surface area contributed by atoms with Gasteiger partial charge in [0.2, 0.25) is 5.91 Å². The lowest BCUT2D eigenvalue weighted by atomic mass is 9.92. The Balaban J connectivity index is 1.59. The van der Waals surface area contributed by atoms with Crippen molar-refractivity contribution in [2.45, 2.75) is 91.9 Å². The Labute approximate surface area is 233 Å². The van der Waals surface area contributed by atoms with Crippen molar-refractivity contribution < 1.29 is 33.6 Å². The molecule has 0 radical (unpaired) electrons. The maximum Gasteiger partial charge on any atom is 0.274 e. The van der Waals surface area contributed by atoms with Crippen LogP contribution in [0.25, 0.3) is 4.83 Å². The lowest BCUT2D eigenvalue weighted by Crippen LogP contribution is -2.65. The minimum Gasteiger partial charge on any atom is -0.388 e. The topological polar surface area (TPSA) is 120 Å². The fraction of sp³-hybridized carbons (Fsp3) is 0.750. The molecule has 38 heavy (non-hydrogen) atoms. The van der Waals surface area contributed by atoms with Crippen LogP contribution in [-0.2, 0) is 9.53 Å². The Morgan fingerprint density at radius 3 is 2.71 bits per heavy atom. The number of thioether (sulfide) groups is 2. The first-order valence-electron chi connectivity index (χ1n) is 12.7. The van der Waals surface area contributed by atoms with Crippen LogP contribution in [0.3, 0.4) is 0 Å². The van der Waals surface area contributed by atoms with Gasteiger partial charge in [0, 0.05) is 18.0 Å². The average Bonchev–Trinajstić information content (AvgIpc) is 3.57. The first-order chi connectivity index (χ1) is 18.0. The van der Waals surface area contributed by atoms with E-state index >= 15 is 0 Å². The number of aromatic nitrogens is 2. The number of hydrogen-bond acceptors (Lipinski definition) is 10. The van der Waals surface area contributed by atoms with Crippen LogP contribution >= 0.6 is 34.9 Å². The number of likely N-dealkylation sites (N-methyl/N-ethyl adjacent to an activating group) is 1. The number of hydrogen-bond donors (Lipinski definition) is 4. The van der Waals surface area contributed by atoms with E-state index in [1.54, 1.807) is 10.7 Å². The summed E-state index contributed by atoms with van der Waals surface area (Å²) in [5.41, 5.74) is -0.804. The van der Waals surface area contributed by atoms with Gasteiger partial charge in [-0.05, 0) is 32.1 Å². The number of rotatable bonds is 10. The van der Waals surface area contributed by atoms with Crippen LogP contribution in [0.15, 0.2) is 17.6 Å². The monoisotopic (exact) mass is 594 g/mol. The van der Waals surface area contributed by atoms with Crippen molar-refractivity contribution in [2.24, 2.45) is 5.92 Å². The van der Waals surface area contributed by atoms with Crippen molar-refractivity contribution in [2.75, 3.05) is 19.8 Å². The number of carbonyl (C=O) groups is 1. The summed E-state index contributed by atoms with van der Waals surface area (Å²) in [5, 5.41) is 35.0. The lowest BCUT2D eigenvalue weighted by Gasteiger charge is -2.44. The third-order valence-corrected chi connectivity index (χ3v) is 10.4. The number of alkyl halides is 2. The van der Waals surface area contributed by atoms with E-state index in [0.717, 1.165) is 37.1 Å². The van der Waals surface area contributed by atoms with Gasteiger partial charge in [-0.25, -0.2) is 13.8 Å². The Morgan fingerprint density at radius 2 is 2.05 bits per heavy atom. The van der Waals surface area contributed by atoms with Gasteiger partial charge in [0.25, 0.3) is 6.43 Å². The zero-order valence-electron chi connectivity index (χ0n) is 21.7. The lowest BCUT2D eigenvalue weighted by molar-refractivity contribution is -0.205. The third kappa shape index (κ3) is 6.17. The summed E-state index contributed by atoms with van der Waals surface area (Å²) in [4.78, 5) is 20.4. The molecule has 4 N–H and O–H groups in total. The van der Waals surface area contributed by atoms with Gasteiger partial charge in [0.1, 0.15) is 34.7 Å². The SMILES string of the molecule is CCC[C@@H]1C[C@H](C(=O)N[C@H](C2OC(SC)[C@@H](O)C(O)C2O)[C@@H](C)Sc2ncc3sc(C(F)F)cn23)N(C)C1. The van der Waals surface area contributed by atoms with Gasteiger partial charge in [-0.2, -0.15) is 0 Å². The number of amides is 1. The highest BCUT2D eigenvalue weighted by Crippen LogP contribution is 2.36. The summed E-state index contributed by atoms with van der Waals surface area (Å²) in [7, 11) is 1.92. The van der Waals surface area contributed by atoms with Crippen LogP contribution in [0.1, 0.15) is 44.4 Å². The molecule has 4 unspecified atom stereocenters. The molecule has 2 saturated heterocycles. The Morgan fingerprint density at radius 1 is 1.32 bits per heavy atom. The molecule has 2 aromatic rings. The third-order valence-electron chi connectivity index (χ3n) is 7.36. The van der Waals surface area contributed by atoms with E-state index in [1.165, 1.54) is 35.9 Å². The van der Waals surface area contributed by atoms with Gasteiger partial charge in [0.05, 0.1) is 23.2 Å². The first kappa shape index (κ1) is 30.0. The number of nitrogens with one attached hydrogen (secondary N) is 1. The fourth-order valence-electron chi connectivity index (χ4n) is 5.35. The van der Waals surface area contributed by atoms with E-state index in [-0.39, 0.29) is 16.8 Å². The number of thiazole rings is 1. The Kier molecular flexibility index (Phi) is 9.99. The van der Waals surface area contributed by atoms with E-state index in [1.807, 2.05) is 18.9 Å². The minimum absolute atomic E-state index is 0.0707. The van der Waals surface area contributed by atoms with Crippen molar-refractivity contribution in [1.82, 2.24) is 19.6 Å². The summed E-state index contributed by atoms with van der Waals surface area (Å²) in [6.07, 6.45) is -0.432. The van der Waals surface area contributed by atoms with Crippen molar-refractivity contribution >= 4 is 45.6 Å². The summed E-state index contributed by atoms with van der Waals surface area (Å²) in [6.45, 7) is 4.77. The van der Waals surface area contributed by atoms with Crippen LogP contribution in [0.4, 0.5) is 8.78 Å². The summed E-state index contributed by atoms with van der Waals surface area (Å²) in [5.74, 6) is 0.214. The van der Waals surface area contributed by atoms with Gasteiger partial charge in [-0.15, -0.1) is 23.1 Å². The van der Waals surface area contributed by atoms with Gasteiger partial charge < -0.3 is 25.4 Å². The molecule has 0 spiro atoms. The Bertz CT molecular complexity index is 1090. The second kappa shape index (κ2) is 12.7. The van der Waals surface area contributed by atoms with Crippen molar-refractivity contribution in [3.63, 3.8) is 0 Å². The van der Waals surface area contributed by atoms with Crippen molar-refractivity contribution in [1.29, 1.82) is 0 Å². The highest BCUT2D eigenvalue weighted by atomic mass is 32.2. The van der Waals surface area contributed by atoms with E-state index < -0.39 is 47.6 Å². The minimum atomic E-state index is -2.59. The number of nitrogens with zero attached hydrogens (tertiary/aromatic N) is 3. The number of likely N-dealkylation sites (tertiary alicyclic amines) is 1. The molecule has 9 nitrogen and oxygen atoms in total. The molecule has 214 valence electrons. The van der Waals surface area contributed by atoms with Crippen LogP contribution < -0.4 is 5.32 Å².